The quantitative estimate of drug-likeness (QED) is 0.729. The van der Waals surface area contributed by atoms with E-state index in [2.05, 4.69) is 4.98 Å². The van der Waals surface area contributed by atoms with Gasteiger partial charge in [-0.05, 0) is 31.9 Å². The van der Waals surface area contributed by atoms with Crippen molar-refractivity contribution in [1.29, 1.82) is 0 Å². The van der Waals surface area contributed by atoms with E-state index >= 15 is 0 Å². The van der Waals surface area contributed by atoms with Crippen LogP contribution in [0.4, 0.5) is 13.2 Å². The smallest absolute Gasteiger partial charge is 0.475 e. The number of aromatic nitrogens is 1. The van der Waals surface area contributed by atoms with Crippen LogP contribution in [0.1, 0.15) is 35.8 Å². The molecule has 2 fully saturated rings. The Morgan fingerprint density at radius 2 is 1.73 bits per heavy atom. The molecule has 1 N–H and O–H groups in total. The number of pyridine rings is 1. The fraction of sp³-hybridized carbons (Fsp3) is 0.579. The van der Waals surface area contributed by atoms with Crippen LogP contribution in [-0.2, 0) is 14.3 Å². The molecule has 0 radical (unpaired) electrons. The molecular formula is C19H24F3N3O5. The Balaban J connectivity index is 0.000000396. The van der Waals surface area contributed by atoms with Gasteiger partial charge in [0, 0.05) is 38.4 Å². The number of alkyl halides is 3. The summed E-state index contributed by atoms with van der Waals surface area (Å²) in [5, 5.41) is 7.12. The second-order valence-electron chi connectivity index (χ2n) is 7.26. The Morgan fingerprint density at radius 1 is 1.13 bits per heavy atom. The number of hydrogen-bond donors (Lipinski definition) is 1. The molecule has 11 heteroatoms. The predicted molar refractivity (Wildman–Crippen MR) is 98.7 cm³/mol. The van der Waals surface area contributed by atoms with Gasteiger partial charge in [-0.1, -0.05) is 0 Å². The number of carbonyl (C=O) groups excluding carboxylic acids is 2. The summed E-state index contributed by atoms with van der Waals surface area (Å²) in [6.45, 7) is 6.63. The van der Waals surface area contributed by atoms with E-state index in [0.29, 0.717) is 38.3 Å². The Bertz CT molecular complexity index is 775. The lowest BCUT2D eigenvalue weighted by atomic mass is 9.89. The van der Waals surface area contributed by atoms with Gasteiger partial charge < -0.3 is 19.6 Å². The summed E-state index contributed by atoms with van der Waals surface area (Å²) < 4.78 is 37.8. The number of halogens is 3. The van der Waals surface area contributed by atoms with Gasteiger partial charge in [-0.2, -0.15) is 13.2 Å². The maximum atomic E-state index is 12.7. The third-order valence-corrected chi connectivity index (χ3v) is 5.06. The maximum absolute atomic E-state index is 12.7. The second-order valence-corrected chi connectivity index (χ2v) is 7.26. The van der Waals surface area contributed by atoms with Crippen molar-refractivity contribution in [3.05, 3.63) is 29.6 Å². The molecule has 30 heavy (non-hydrogen) atoms. The highest BCUT2D eigenvalue weighted by Crippen LogP contribution is 2.30. The molecule has 1 aromatic heterocycles. The molecule has 2 saturated heterocycles. The number of ether oxygens (including phenoxy) is 1. The summed E-state index contributed by atoms with van der Waals surface area (Å²) in [6, 6.07) is 3.68. The van der Waals surface area contributed by atoms with Crippen molar-refractivity contribution < 1.29 is 37.4 Å². The molecule has 0 unspecified atom stereocenters. The number of likely N-dealkylation sites (tertiary alicyclic amines) is 1. The van der Waals surface area contributed by atoms with E-state index in [-0.39, 0.29) is 17.4 Å². The van der Waals surface area contributed by atoms with E-state index in [1.165, 1.54) is 0 Å². The number of rotatable bonds is 1. The van der Waals surface area contributed by atoms with Gasteiger partial charge in [-0.25, -0.2) is 4.79 Å². The van der Waals surface area contributed by atoms with Crippen molar-refractivity contribution in [2.75, 3.05) is 32.8 Å². The van der Waals surface area contributed by atoms with Gasteiger partial charge >= 0.3 is 12.1 Å². The van der Waals surface area contributed by atoms with Crippen LogP contribution < -0.4 is 0 Å². The fourth-order valence-electron chi connectivity index (χ4n) is 3.33. The molecule has 0 bridgehead atoms. The van der Waals surface area contributed by atoms with E-state index in [1.807, 2.05) is 28.9 Å². The third-order valence-electron chi connectivity index (χ3n) is 5.06. The van der Waals surface area contributed by atoms with Crippen LogP contribution in [0.2, 0.25) is 0 Å². The van der Waals surface area contributed by atoms with Gasteiger partial charge in [0.25, 0.3) is 5.91 Å². The number of carbonyl (C=O) groups is 3. The SMILES string of the molecule is CC(=O)N1CCC2(CC1)CN(C(=O)c1ccc(C)nc1)CCO2.O=C(O)C(F)(F)F. The van der Waals surface area contributed by atoms with Crippen molar-refractivity contribution in [1.82, 2.24) is 14.8 Å². The molecule has 8 nitrogen and oxygen atoms in total. The van der Waals surface area contributed by atoms with Crippen LogP contribution in [-0.4, -0.2) is 82.2 Å². The van der Waals surface area contributed by atoms with E-state index in [1.54, 1.807) is 13.1 Å². The second kappa shape index (κ2) is 9.41. The van der Waals surface area contributed by atoms with Crippen LogP contribution >= 0.6 is 0 Å². The summed E-state index contributed by atoms with van der Waals surface area (Å²) in [5.41, 5.74) is 1.21. The number of hydrogen-bond acceptors (Lipinski definition) is 5. The first-order valence-corrected chi connectivity index (χ1v) is 9.35. The summed E-state index contributed by atoms with van der Waals surface area (Å²) >= 11 is 0. The van der Waals surface area contributed by atoms with Crippen LogP contribution in [0.15, 0.2) is 18.3 Å². The molecule has 0 atom stereocenters. The standard InChI is InChI=1S/C17H23N3O3.C2HF3O2/c1-13-3-4-15(11-18-13)16(22)20-9-10-23-17(12-20)5-7-19(8-6-17)14(2)21;3-2(4,5)1(6)7/h3-4,11H,5-10,12H2,1-2H3;(H,6,7). The van der Waals surface area contributed by atoms with Crippen LogP contribution in [0, 0.1) is 6.92 Å². The van der Waals surface area contributed by atoms with Gasteiger partial charge in [0.2, 0.25) is 5.91 Å². The van der Waals surface area contributed by atoms with Crippen LogP contribution in [0.25, 0.3) is 0 Å². The average Bonchev–Trinajstić information content (AvgIpc) is 2.68. The number of aliphatic carboxylic acids is 1. The van der Waals surface area contributed by atoms with Crippen LogP contribution in [0.5, 0.6) is 0 Å². The molecule has 2 amide bonds. The van der Waals surface area contributed by atoms with Crippen molar-refractivity contribution in [3.63, 3.8) is 0 Å². The van der Waals surface area contributed by atoms with E-state index in [0.717, 1.165) is 18.5 Å². The third kappa shape index (κ3) is 6.15. The summed E-state index contributed by atoms with van der Waals surface area (Å²) in [7, 11) is 0. The molecule has 0 aromatic carbocycles. The van der Waals surface area contributed by atoms with Crippen molar-refractivity contribution >= 4 is 17.8 Å². The first kappa shape index (κ1) is 23.6. The zero-order valence-electron chi connectivity index (χ0n) is 16.7. The van der Waals surface area contributed by atoms with Crippen LogP contribution in [0.3, 0.4) is 0 Å². The van der Waals surface area contributed by atoms with Gasteiger partial charge in [0.05, 0.1) is 24.3 Å². The minimum absolute atomic E-state index is 0.00849. The first-order chi connectivity index (χ1) is 13.9. The molecular weight excluding hydrogens is 407 g/mol. The lowest BCUT2D eigenvalue weighted by molar-refractivity contribution is -0.192. The molecule has 3 heterocycles. The number of aryl methyl sites for hydroxylation is 1. The molecule has 2 aliphatic rings. The first-order valence-electron chi connectivity index (χ1n) is 9.35. The maximum Gasteiger partial charge on any atom is 0.490 e. The van der Waals surface area contributed by atoms with Gasteiger partial charge in [-0.15, -0.1) is 0 Å². The minimum Gasteiger partial charge on any atom is -0.475 e. The molecule has 166 valence electrons. The van der Waals surface area contributed by atoms with E-state index in [9.17, 15) is 22.8 Å². The normalized spacial score (nSPS) is 18.4. The summed E-state index contributed by atoms with van der Waals surface area (Å²) in [6.07, 6.45) is -1.89. The molecule has 1 spiro atoms. The van der Waals surface area contributed by atoms with Crippen molar-refractivity contribution in [2.45, 2.75) is 38.5 Å². The zero-order valence-corrected chi connectivity index (χ0v) is 16.7. The molecule has 1 aromatic rings. The predicted octanol–water partition coefficient (Wildman–Crippen LogP) is 1.88. The molecule has 2 aliphatic heterocycles. The largest absolute Gasteiger partial charge is 0.490 e. The number of carboxylic acid groups (broad SMARTS) is 1. The monoisotopic (exact) mass is 431 g/mol. The summed E-state index contributed by atoms with van der Waals surface area (Å²) in [5.74, 6) is -2.64. The fourth-order valence-corrected chi connectivity index (χ4v) is 3.33. The Morgan fingerprint density at radius 3 is 2.20 bits per heavy atom. The van der Waals surface area contributed by atoms with Gasteiger partial charge in [0.15, 0.2) is 0 Å². The Hall–Kier alpha value is -2.69. The van der Waals surface area contributed by atoms with Crippen molar-refractivity contribution in [2.24, 2.45) is 0 Å². The molecule has 3 rings (SSSR count). The number of morpholine rings is 1. The molecule has 0 aliphatic carbocycles. The highest BCUT2D eigenvalue weighted by Gasteiger charge is 2.41. The highest BCUT2D eigenvalue weighted by molar-refractivity contribution is 5.94. The van der Waals surface area contributed by atoms with Gasteiger partial charge in [0.1, 0.15) is 0 Å². The van der Waals surface area contributed by atoms with Gasteiger partial charge in [-0.3, -0.25) is 14.6 Å². The Labute approximate surface area is 171 Å². The minimum atomic E-state index is -5.08. The van der Waals surface area contributed by atoms with Crippen molar-refractivity contribution in [3.8, 4) is 0 Å². The Kier molecular flexibility index (Phi) is 7.40. The average molecular weight is 431 g/mol. The number of amides is 2. The lowest BCUT2D eigenvalue weighted by Crippen LogP contribution is -2.58. The number of carboxylic acids is 1. The highest BCUT2D eigenvalue weighted by atomic mass is 19.4. The van der Waals surface area contributed by atoms with E-state index in [4.69, 9.17) is 14.6 Å². The number of nitrogens with zero attached hydrogens (tertiary/aromatic N) is 3. The molecule has 0 saturated carbocycles. The van der Waals surface area contributed by atoms with E-state index < -0.39 is 12.1 Å². The zero-order chi connectivity index (χ0) is 22.5. The number of piperidine rings is 1. The topological polar surface area (TPSA) is 100 Å². The lowest BCUT2D eigenvalue weighted by Gasteiger charge is -2.47. The summed E-state index contributed by atoms with van der Waals surface area (Å²) in [4.78, 5) is 41.0.